The number of carbonyl (C=O) groups excluding carboxylic acids is 1. The van der Waals surface area contributed by atoms with E-state index >= 15 is 0 Å². The van der Waals surface area contributed by atoms with E-state index in [1.165, 1.54) is 0 Å². The summed E-state index contributed by atoms with van der Waals surface area (Å²) in [5, 5.41) is -0.642. The van der Waals surface area contributed by atoms with Crippen LogP contribution in [0.25, 0.3) is 0 Å². The molecule has 3 aliphatic heterocycles. The van der Waals surface area contributed by atoms with Crippen LogP contribution in [0.5, 0.6) is 0 Å². The SMILES string of the molecule is O=C(c1ccc(C2OCCO2)cc1)C1CC2CCCC(C1)S2(=O)=O. The molecule has 5 nitrogen and oxygen atoms in total. The summed E-state index contributed by atoms with van der Waals surface area (Å²) < 4.78 is 35.6. The maximum absolute atomic E-state index is 12.8. The highest BCUT2D eigenvalue weighted by molar-refractivity contribution is 7.92. The zero-order chi connectivity index (χ0) is 16.7. The van der Waals surface area contributed by atoms with Gasteiger partial charge in [-0.25, -0.2) is 8.42 Å². The predicted molar refractivity (Wildman–Crippen MR) is 88.5 cm³/mol. The molecule has 24 heavy (non-hydrogen) atoms. The van der Waals surface area contributed by atoms with Crippen molar-refractivity contribution in [2.24, 2.45) is 5.92 Å². The zero-order valence-electron chi connectivity index (χ0n) is 13.5. The summed E-state index contributed by atoms with van der Waals surface area (Å²) >= 11 is 0. The number of hydrogen-bond acceptors (Lipinski definition) is 5. The molecule has 1 aromatic carbocycles. The molecular weight excluding hydrogens is 328 g/mol. The Morgan fingerprint density at radius 2 is 1.54 bits per heavy atom. The molecule has 130 valence electrons. The molecule has 2 bridgehead atoms. The Kier molecular flexibility index (Phi) is 4.22. The minimum Gasteiger partial charge on any atom is -0.346 e. The van der Waals surface area contributed by atoms with Gasteiger partial charge < -0.3 is 9.47 Å². The zero-order valence-corrected chi connectivity index (χ0v) is 14.3. The standard InChI is InChI=1S/C18H22O5S/c19-17(12-4-6-13(7-5-12)18-22-8-9-23-18)14-10-15-2-1-3-16(11-14)24(15,20)21/h4-7,14-16,18H,1-3,8-11H2. The van der Waals surface area contributed by atoms with Crippen molar-refractivity contribution in [1.29, 1.82) is 0 Å². The Morgan fingerprint density at radius 1 is 0.958 bits per heavy atom. The van der Waals surface area contributed by atoms with Gasteiger partial charge in [0.15, 0.2) is 21.9 Å². The number of ketones is 1. The Balaban J connectivity index is 1.50. The third-order valence-corrected chi connectivity index (χ3v) is 8.25. The van der Waals surface area contributed by atoms with Crippen LogP contribution in [0.1, 0.15) is 54.3 Å². The van der Waals surface area contributed by atoms with E-state index in [-0.39, 0.29) is 28.5 Å². The van der Waals surface area contributed by atoms with Gasteiger partial charge in [0.25, 0.3) is 0 Å². The van der Waals surface area contributed by atoms with E-state index < -0.39 is 9.84 Å². The van der Waals surface area contributed by atoms with Gasteiger partial charge in [-0.3, -0.25) is 4.79 Å². The molecule has 0 radical (unpaired) electrons. The van der Waals surface area contributed by atoms with E-state index in [0.29, 0.717) is 44.5 Å². The lowest BCUT2D eigenvalue weighted by Crippen LogP contribution is -2.45. The molecule has 6 heteroatoms. The minimum atomic E-state index is -3.02. The second kappa shape index (κ2) is 6.24. The van der Waals surface area contributed by atoms with Gasteiger partial charge >= 0.3 is 0 Å². The highest BCUT2D eigenvalue weighted by atomic mass is 32.2. The first-order valence-electron chi connectivity index (χ1n) is 8.66. The lowest BCUT2D eigenvalue weighted by Gasteiger charge is -2.38. The summed E-state index contributed by atoms with van der Waals surface area (Å²) in [4.78, 5) is 12.8. The quantitative estimate of drug-likeness (QED) is 0.784. The van der Waals surface area contributed by atoms with E-state index in [2.05, 4.69) is 0 Å². The summed E-state index contributed by atoms with van der Waals surface area (Å²) in [5.41, 5.74) is 1.56. The van der Waals surface area contributed by atoms with Gasteiger partial charge in [0, 0.05) is 17.0 Å². The van der Waals surface area contributed by atoms with Crippen molar-refractivity contribution in [3.63, 3.8) is 0 Å². The molecule has 0 aromatic heterocycles. The van der Waals surface area contributed by atoms with E-state index in [0.717, 1.165) is 12.0 Å². The average Bonchev–Trinajstić information content (AvgIpc) is 3.08. The summed E-state index contributed by atoms with van der Waals surface area (Å²) in [6, 6.07) is 7.34. The van der Waals surface area contributed by atoms with Crippen molar-refractivity contribution in [2.45, 2.75) is 48.9 Å². The molecule has 3 saturated heterocycles. The minimum absolute atomic E-state index is 0.0709. The van der Waals surface area contributed by atoms with Crippen molar-refractivity contribution in [2.75, 3.05) is 13.2 Å². The molecule has 3 heterocycles. The number of sulfone groups is 1. The molecule has 0 saturated carbocycles. The molecule has 0 N–H and O–H groups in total. The molecule has 2 atom stereocenters. The maximum Gasteiger partial charge on any atom is 0.184 e. The van der Waals surface area contributed by atoms with Gasteiger partial charge in [-0.05, 0) is 25.7 Å². The molecule has 2 unspecified atom stereocenters. The highest BCUT2D eigenvalue weighted by Gasteiger charge is 2.46. The van der Waals surface area contributed by atoms with Gasteiger partial charge in [0.05, 0.1) is 23.7 Å². The summed E-state index contributed by atoms with van der Waals surface area (Å²) in [6.07, 6.45) is 3.00. The molecule has 3 fully saturated rings. The molecule has 3 aliphatic rings. The lowest BCUT2D eigenvalue weighted by atomic mass is 9.84. The monoisotopic (exact) mass is 350 g/mol. The van der Waals surface area contributed by atoms with Crippen LogP contribution in [-0.2, 0) is 19.3 Å². The van der Waals surface area contributed by atoms with Gasteiger partial charge in [0.1, 0.15) is 0 Å². The van der Waals surface area contributed by atoms with Crippen LogP contribution in [0.2, 0.25) is 0 Å². The molecule has 1 aromatic rings. The van der Waals surface area contributed by atoms with E-state index in [1.54, 1.807) is 0 Å². The third kappa shape index (κ3) is 2.80. The Bertz CT molecular complexity index is 698. The van der Waals surface area contributed by atoms with Gasteiger partial charge in [-0.2, -0.15) is 0 Å². The van der Waals surface area contributed by atoms with Gasteiger partial charge in [-0.1, -0.05) is 30.7 Å². The van der Waals surface area contributed by atoms with Crippen LogP contribution < -0.4 is 0 Å². The summed E-state index contributed by atoms with van der Waals surface area (Å²) in [5.74, 6) is -0.102. The Morgan fingerprint density at radius 3 is 2.12 bits per heavy atom. The van der Waals surface area contributed by atoms with Crippen molar-refractivity contribution in [3.05, 3.63) is 35.4 Å². The van der Waals surface area contributed by atoms with Crippen LogP contribution >= 0.6 is 0 Å². The fourth-order valence-electron chi connectivity index (χ4n) is 4.21. The van der Waals surface area contributed by atoms with E-state index in [1.807, 2.05) is 24.3 Å². The van der Waals surface area contributed by atoms with E-state index in [9.17, 15) is 13.2 Å². The third-order valence-electron chi connectivity index (χ3n) is 5.54. The van der Waals surface area contributed by atoms with Crippen molar-refractivity contribution >= 4 is 15.6 Å². The number of fused-ring (bicyclic) bond motifs is 2. The smallest absolute Gasteiger partial charge is 0.184 e. The van der Waals surface area contributed by atoms with Crippen LogP contribution in [0, 0.1) is 5.92 Å². The first-order valence-corrected chi connectivity index (χ1v) is 10.3. The number of Topliss-reactive ketones (excluding diaryl/α,β-unsaturated/α-hetero) is 1. The van der Waals surface area contributed by atoms with Crippen LogP contribution in [0.4, 0.5) is 0 Å². The first-order chi connectivity index (χ1) is 11.6. The largest absolute Gasteiger partial charge is 0.346 e. The summed E-state index contributed by atoms with van der Waals surface area (Å²) in [6.45, 7) is 1.18. The van der Waals surface area contributed by atoms with E-state index in [4.69, 9.17) is 9.47 Å². The van der Waals surface area contributed by atoms with Crippen molar-refractivity contribution in [1.82, 2.24) is 0 Å². The van der Waals surface area contributed by atoms with Crippen molar-refractivity contribution < 1.29 is 22.7 Å². The predicted octanol–water partition coefficient (Wildman–Crippen LogP) is 2.66. The maximum atomic E-state index is 12.8. The number of benzene rings is 1. The first kappa shape index (κ1) is 16.2. The number of rotatable bonds is 3. The summed E-state index contributed by atoms with van der Waals surface area (Å²) in [7, 11) is -3.02. The molecule has 0 aliphatic carbocycles. The fraction of sp³-hybridized carbons (Fsp3) is 0.611. The van der Waals surface area contributed by atoms with Crippen LogP contribution in [0.15, 0.2) is 24.3 Å². The second-order valence-electron chi connectivity index (χ2n) is 6.99. The molecule has 4 rings (SSSR count). The topological polar surface area (TPSA) is 69.7 Å². The second-order valence-corrected chi connectivity index (χ2v) is 9.50. The number of carbonyl (C=O) groups is 1. The lowest BCUT2D eigenvalue weighted by molar-refractivity contribution is -0.0441. The normalized spacial score (nSPS) is 32.6. The Labute approximate surface area is 142 Å². The van der Waals surface area contributed by atoms with Crippen LogP contribution in [-0.4, -0.2) is 37.9 Å². The molecule has 0 amide bonds. The number of hydrogen-bond donors (Lipinski definition) is 0. The van der Waals surface area contributed by atoms with Gasteiger partial charge in [0.2, 0.25) is 0 Å². The Hall–Kier alpha value is -1.24. The van der Waals surface area contributed by atoms with Crippen molar-refractivity contribution in [3.8, 4) is 0 Å². The fourth-order valence-corrected chi connectivity index (χ4v) is 6.75. The molecular formula is C18H22O5S. The number of ether oxygens (including phenoxy) is 2. The average molecular weight is 350 g/mol. The van der Waals surface area contributed by atoms with Crippen LogP contribution in [0.3, 0.4) is 0 Å². The van der Waals surface area contributed by atoms with Gasteiger partial charge in [-0.15, -0.1) is 0 Å². The molecule has 0 spiro atoms. The highest BCUT2D eigenvalue weighted by Crippen LogP contribution is 2.40.